The van der Waals surface area contributed by atoms with Gasteiger partial charge in [0.2, 0.25) is 23.6 Å². The Kier molecular flexibility index (Phi) is 20.5. The van der Waals surface area contributed by atoms with Crippen LogP contribution in [0.5, 0.6) is 0 Å². The van der Waals surface area contributed by atoms with Crippen LogP contribution in [0.2, 0.25) is 0 Å². The highest BCUT2D eigenvalue weighted by atomic mass is 32.1. The van der Waals surface area contributed by atoms with Crippen molar-refractivity contribution in [3.63, 3.8) is 0 Å². The Morgan fingerprint density at radius 2 is 0.841 bits per heavy atom. The van der Waals surface area contributed by atoms with Gasteiger partial charge in [0.05, 0.1) is 39.1 Å². The van der Waals surface area contributed by atoms with Crippen LogP contribution >= 0.6 is 12.6 Å². The predicted molar refractivity (Wildman–Crippen MR) is 210 cm³/mol. The first-order chi connectivity index (χ1) is 29.7. The summed E-state index contributed by atoms with van der Waals surface area (Å²) in [6.07, 6.45) is -24.7. The summed E-state index contributed by atoms with van der Waals surface area (Å²) in [6, 6.07) is -5.42. The van der Waals surface area contributed by atoms with Crippen molar-refractivity contribution in [2.45, 2.75) is 157 Å². The lowest BCUT2D eigenvalue weighted by molar-refractivity contribution is -0.327. The van der Waals surface area contributed by atoms with Gasteiger partial charge in [-0.25, -0.2) is 0 Å². The third-order valence-electron chi connectivity index (χ3n) is 10.7. The Balaban J connectivity index is 1.50. The number of nitrogens with zero attached hydrogens (tertiary/aromatic N) is 1. The van der Waals surface area contributed by atoms with Crippen molar-refractivity contribution in [2.24, 2.45) is 0 Å². The number of nitrogens with one attached hydrogen (secondary N) is 4. The lowest BCUT2D eigenvalue weighted by Crippen LogP contribution is -2.68. The zero-order valence-electron chi connectivity index (χ0n) is 35.3. The fourth-order valence-corrected chi connectivity index (χ4v) is 7.64. The quantitative estimate of drug-likeness (QED) is 0.0325. The SMILES string of the molecule is CC(=O)N[C@@H]1[C@@H](O)[C@H](O)[C@@H](CO[C@@H]2O[C@H](CO[C@@H]3O[C@H](CO[C@@H]4O[C@H](CO)[C@@H](O)[C@H](O)[C@H]4NC(C)=O)[C@@H](O)[C@H](O)[C@H]3NC(C)=O)[C@@H](O)[C@H](O)[C@H]2NC(C)=O)O[C@H]1N(C)OCCCS. The standard InChI is InChI=1S/C36H63N5O21S/c1-13(43)37-21-29(51)26(48)18(59-33(21)41(5)58-7-6-8-63)10-55-35-23(39-15(3)45)31(53)28(50)20(61-35)12-57-36-24(40-16(4)46)32(54)27(49)19(62-36)11-56-34-22(38-14(2)44)30(52)25(47)17(9-42)60-34/h17-36,42,47-54,63H,6-12H2,1-5H3,(H,37,43)(H,38,44)(H,39,45)(H,40,46)/t17-,18-,19-,20-,21-,22-,23-,24-,25-,26-,27-,28-,29-,30-,31-,32-,33-,34-,35-,36-/m1/s1. The van der Waals surface area contributed by atoms with Gasteiger partial charge in [-0.1, -0.05) is 0 Å². The van der Waals surface area contributed by atoms with Gasteiger partial charge in [0.25, 0.3) is 0 Å². The molecular formula is C36H63N5O21S. The van der Waals surface area contributed by atoms with E-state index in [-0.39, 0.29) is 6.61 Å². The minimum Gasteiger partial charge on any atom is -0.394 e. The minimum absolute atomic E-state index is 0.203. The highest BCUT2D eigenvalue weighted by molar-refractivity contribution is 7.80. The van der Waals surface area contributed by atoms with E-state index in [1.54, 1.807) is 0 Å². The van der Waals surface area contributed by atoms with E-state index < -0.39 is 173 Å². The molecule has 13 N–H and O–H groups in total. The zero-order valence-corrected chi connectivity index (χ0v) is 36.2. The molecule has 0 radical (unpaired) electrons. The number of hydrogen-bond donors (Lipinski definition) is 14. The Morgan fingerprint density at radius 3 is 1.19 bits per heavy atom. The summed E-state index contributed by atoms with van der Waals surface area (Å²) >= 11 is 4.15. The first-order valence-electron chi connectivity index (χ1n) is 20.3. The molecule has 27 heteroatoms. The summed E-state index contributed by atoms with van der Waals surface area (Å²) in [7, 11) is 1.49. The van der Waals surface area contributed by atoms with Crippen molar-refractivity contribution < 1.29 is 103 Å². The Hall–Kier alpha value is -2.49. The highest BCUT2D eigenvalue weighted by Crippen LogP contribution is 2.30. The molecule has 4 heterocycles. The lowest BCUT2D eigenvalue weighted by Gasteiger charge is -2.47. The van der Waals surface area contributed by atoms with Gasteiger partial charge < -0.3 is 100 Å². The fourth-order valence-electron chi connectivity index (χ4n) is 7.51. The molecule has 0 saturated carbocycles. The zero-order chi connectivity index (χ0) is 46.9. The molecule has 0 aliphatic carbocycles. The topological polar surface area (TPSA) is 376 Å². The number of rotatable bonds is 19. The number of aliphatic hydroxyl groups is 9. The number of likely N-dealkylation sites (N-methyl/N-ethyl adjacent to an activating group) is 1. The Bertz CT molecular complexity index is 1500. The first kappa shape index (κ1) is 53.1. The average Bonchev–Trinajstić information content (AvgIpc) is 3.21. The Labute approximate surface area is 367 Å². The van der Waals surface area contributed by atoms with Crippen molar-refractivity contribution in [3.05, 3.63) is 0 Å². The van der Waals surface area contributed by atoms with Crippen molar-refractivity contribution in [1.82, 2.24) is 26.3 Å². The second kappa shape index (κ2) is 24.3. The molecule has 4 fully saturated rings. The van der Waals surface area contributed by atoms with Crippen LogP contribution in [-0.4, -0.2) is 243 Å². The normalized spacial score (nSPS) is 40.8. The van der Waals surface area contributed by atoms with Gasteiger partial charge in [0, 0.05) is 34.7 Å². The van der Waals surface area contributed by atoms with Crippen LogP contribution in [-0.2, 0) is 57.2 Å². The molecule has 4 saturated heterocycles. The molecule has 0 aromatic rings. The highest BCUT2D eigenvalue weighted by Gasteiger charge is 2.52. The largest absolute Gasteiger partial charge is 0.394 e. The third kappa shape index (κ3) is 13.8. The molecule has 26 nitrogen and oxygen atoms in total. The smallest absolute Gasteiger partial charge is 0.217 e. The van der Waals surface area contributed by atoms with Crippen molar-refractivity contribution in [3.8, 4) is 0 Å². The maximum atomic E-state index is 12.2. The van der Waals surface area contributed by atoms with Gasteiger partial charge in [-0.2, -0.15) is 17.7 Å². The van der Waals surface area contributed by atoms with Crippen molar-refractivity contribution in [2.75, 3.05) is 45.8 Å². The van der Waals surface area contributed by atoms with Gasteiger partial charge in [-0.05, 0) is 12.2 Å². The van der Waals surface area contributed by atoms with E-state index in [0.29, 0.717) is 12.2 Å². The predicted octanol–water partition coefficient (Wildman–Crippen LogP) is -7.98. The molecule has 0 spiro atoms. The number of hydrogen-bond acceptors (Lipinski definition) is 23. The van der Waals surface area contributed by atoms with E-state index in [1.807, 2.05) is 0 Å². The molecule has 4 amide bonds. The molecule has 0 bridgehead atoms. The molecule has 4 aliphatic heterocycles. The monoisotopic (exact) mass is 933 g/mol. The molecule has 0 aromatic heterocycles. The van der Waals surface area contributed by atoms with Crippen LogP contribution in [0.25, 0.3) is 0 Å². The van der Waals surface area contributed by atoms with E-state index in [9.17, 15) is 65.1 Å². The summed E-state index contributed by atoms with van der Waals surface area (Å²) in [5.41, 5.74) is 0. The molecule has 364 valence electrons. The van der Waals surface area contributed by atoms with Gasteiger partial charge in [0.1, 0.15) is 91.4 Å². The summed E-state index contributed by atoms with van der Waals surface area (Å²) in [5, 5.41) is 108. The molecular weight excluding hydrogens is 870 g/mol. The molecule has 63 heavy (non-hydrogen) atoms. The number of amides is 4. The summed E-state index contributed by atoms with van der Waals surface area (Å²) in [6.45, 7) is 2.18. The fraction of sp³-hybridized carbons (Fsp3) is 0.889. The molecule has 0 unspecified atom stereocenters. The molecule has 4 rings (SSSR count). The van der Waals surface area contributed by atoms with Gasteiger partial charge in [0.15, 0.2) is 25.1 Å². The van der Waals surface area contributed by atoms with Crippen LogP contribution in [0.1, 0.15) is 34.1 Å². The average molecular weight is 934 g/mol. The lowest BCUT2D eigenvalue weighted by atomic mass is 9.95. The maximum absolute atomic E-state index is 12.2. The van der Waals surface area contributed by atoms with E-state index in [1.165, 1.54) is 19.0 Å². The van der Waals surface area contributed by atoms with Crippen LogP contribution in [0.3, 0.4) is 0 Å². The third-order valence-corrected chi connectivity index (χ3v) is 11.0. The number of carbonyl (C=O) groups is 4. The molecule has 4 aliphatic rings. The second-order valence-electron chi connectivity index (χ2n) is 15.7. The van der Waals surface area contributed by atoms with Gasteiger partial charge in [-0.3, -0.25) is 24.0 Å². The van der Waals surface area contributed by atoms with Crippen LogP contribution in [0, 0.1) is 0 Å². The minimum atomic E-state index is -1.79. The van der Waals surface area contributed by atoms with Crippen LogP contribution in [0.15, 0.2) is 0 Å². The van der Waals surface area contributed by atoms with E-state index in [4.69, 9.17) is 38.0 Å². The first-order valence-corrected chi connectivity index (χ1v) is 20.9. The summed E-state index contributed by atoms with van der Waals surface area (Å²) in [4.78, 5) is 53.9. The Morgan fingerprint density at radius 1 is 0.524 bits per heavy atom. The van der Waals surface area contributed by atoms with Gasteiger partial charge in [-0.15, -0.1) is 0 Å². The number of thiol groups is 1. The second-order valence-corrected chi connectivity index (χ2v) is 16.1. The summed E-state index contributed by atoms with van der Waals surface area (Å²) in [5.74, 6) is -1.99. The van der Waals surface area contributed by atoms with E-state index in [2.05, 4.69) is 33.9 Å². The number of hydroxylamine groups is 2. The summed E-state index contributed by atoms with van der Waals surface area (Å²) < 4.78 is 41.0. The molecule has 20 atom stereocenters. The maximum Gasteiger partial charge on any atom is 0.217 e. The van der Waals surface area contributed by atoms with Crippen LogP contribution < -0.4 is 21.3 Å². The number of ether oxygens (including phenoxy) is 7. The molecule has 0 aromatic carbocycles. The van der Waals surface area contributed by atoms with E-state index in [0.717, 1.165) is 20.8 Å². The number of carbonyl (C=O) groups excluding carboxylic acids is 4. The van der Waals surface area contributed by atoms with Gasteiger partial charge >= 0.3 is 0 Å². The van der Waals surface area contributed by atoms with Crippen molar-refractivity contribution >= 4 is 36.3 Å². The van der Waals surface area contributed by atoms with Crippen molar-refractivity contribution in [1.29, 1.82) is 0 Å². The van der Waals surface area contributed by atoms with E-state index >= 15 is 0 Å². The van der Waals surface area contributed by atoms with Crippen LogP contribution in [0.4, 0.5) is 0 Å². The number of aliphatic hydroxyl groups excluding tert-OH is 9.